The van der Waals surface area contributed by atoms with E-state index in [1.807, 2.05) is 36.4 Å². The third kappa shape index (κ3) is 3.27. The van der Waals surface area contributed by atoms with Gasteiger partial charge in [-0.2, -0.15) is 0 Å². The molecular formula is C23H20N2O3. The van der Waals surface area contributed by atoms with Crippen molar-refractivity contribution in [3.63, 3.8) is 0 Å². The first-order chi connectivity index (χ1) is 13.6. The third-order valence-corrected chi connectivity index (χ3v) is 5.13. The van der Waals surface area contributed by atoms with E-state index in [4.69, 9.17) is 4.74 Å². The number of hydrogen-bond donors (Lipinski definition) is 1. The van der Waals surface area contributed by atoms with Gasteiger partial charge >= 0.3 is 0 Å². The van der Waals surface area contributed by atoms with Crippen LogP contribution in [0.25, 0.3) is 0 Å². The van der Waals surface area contributed by atoms with E-state index in [1.165, 1.54) is 13.3 Å². The van der Waals surface area contributed by atoms with Gasteiger partial charge in [-0.1, -0.05) is 42.5 Å². The number of benzene rings is 2. The lowest BCUT2D eigenvalue weighted by Gasteiger charge is -2.15. The molecule has 0 spiro atoms. The number of aromatic nitrogens is 1. The van der Waals surface area contributed by atoms with Crippen molar-refractivity contribution >= 4 is 17.5 Å². The highest BCUT2D eigenvalue weighted by molar-refractivity contribution is 6.10. The van der Waals surface area contributed by atoms with Crippen LogP contribution in [0, 0.1) is 0 Å². The number of methoxy groups -OCH3 is 1. The van der Waals surface area contributed by atoms with Gasteiger partial charge in [0.15, 0.2) is 5.78 Å². The first-order valence-corrected chi connectivity index (χ1v) is 9.15. The Bertz CT molecular complexity index is 1010. The Morgan fingerprint density at radius 3 is 2.32 bits per heavy atom. The normalized spacial score (nSPS) is 14.2. The summed E-state index contributed by atoms with van der Waals surface area (Å²) in [6.07, 6.45) is 3.13. The molecular weight excluding hydrogens is 352 g/mol. The zero-order valence-electron chi connectivity index (χ0n) is 15.5. The molecule has 1 aromatic heterocycles. The minimum Gasteiger partial charge on any atom is -0.496 e. The molecule has 140 valence electrons. The van der Waals surface area contributed by atoms with Gasteiger partial charge in [0.2, 0.25) is 5.91 Å². The smallest absolute Gasteiger partial charge is 0.236 e. The number of carbonyl (C=O) groups excluding carboxylic acids is 2. The molecule has 0 unspecified atom stereocenters. The zero-order valence-corrected chi connectivity index (χ0v) is 15.5. The van der Waals surface area contributed by atoms with Crippen molar-refractivity contribution in [2.24, 2.45) is 0 Å². The lowest BCUT2D eigenvalue weighted by atomic mass is 9.95. The number of ketones is 1. The van der Waals surface area contributed by atoms with E-state index >= 15 is 0 Å². The van der Waals surface area contributed by atoms with E-state index in [9.17, 15) is 9.59 Å². The van der Waals surface area contributed by atoms with Gasteiger partial charge in [0.05, 0.1) is 18.1 Å². The summed E-state index contributed by atoms with van der Waals surface area (Å²) in [4.78, 5) is 29.8. The van der Waals surface area contributed by atoms with Crippen molar-refractivity contribution in [2.75, 3.05) is 12.4 Å². The quantitative estimate of drug-likeness (QED) is 0.664. The summed E-state index contributed by atoms with van der Waals surface area (Å²) >= 11 is 0. The fourth-order valence-electron chi connectivity index (χ4n) is 3.35. The number of para-hydroxylation sites is 1. The summed E-state index contributed by atoms with van der Waals surface area (Å²) in [6, 6.07) is 20.2. The van der Waals surface area contributed by atoms with Crippen molar-refractivity contribution in [1.82, 2.24) is 4.98 Å². The predicted octanol–water partition coefficient (Wildman–Crippen LogP) is 3.99. The van der Waals surface area contributed by atoms with Gasteiger partial charge in [-0.15, -0.1) is 0 Å². The Kier molecular flexibility index (Phi) is 4.65. The van der Waals surface area contributed by atoms with Crippen LogP contribution in [0.2, 0.25) is 0 Å². The second kappa shape index (κ2) is 7.27. The van der Waals surface area contributed by atoms with Crippen molar-refractivity contribution in [3.05, 3.63) is 89.6 Å². The minimum absolute atomic E-state index is 0.0602. The molecule has 1 aliphatic rings. The number of anilines is 1. The van der Waals surface area contributed by atoms with Crippen LogP contribution in [0.1, 0.15) is 34.3 Å². The second-order valence-electron chi connectivity index (χ2n) is 6.86. The van der Waals surface area contributed by atoms with Gasteiger partial charge in [-0.3, -0.25) is 9.59 Å². The molecule has 1 saturated carbocycles. The van der Waals surface area contributed by atoms with Gasteiger partial charge < -0.3 is 10.1 Å². The first-order valence-electron chi connectivity index (χ1n) is 9.15. The van der Waals surface area contributed by atoms with Crippen LogP contribution in [0.5, 0.6) is 5.75 Å². The lowest BCUT2D eigenvalue weighted by Crippen LogP contribution is -2.28. The molecule has 1 amide bonds. The summed E-state index contributed by atoms with van der Waals surface area (Å²) in [5.41, 5.74) is 1.47. The highest BCUT2D eigenvalue weighted by atomic mass is 16.5. The van der Waals surface area contributed by atoms with Crippen LogP contribution >= 0.6 is 0 Å². The van der Waals surface area contributed by atoms with Crippen LogP contribution in [0.15, 0.2) is 72.9 Å². The monoisotopic (exact) mass is 372 g/mol. The fourth-order valence-corrected chi connectivity index (χ4v) is 3.35. The molecule has 4 rings (SSSR count). The average Bonchev–Trinajstić information content (AvgIpc) is 3.56. The number of rotatable bonds is 6. The van der Waals surface area contributed by atoms with E-state index in [-0.39, 0.29) is 11.7 Å². The fraction of sp³-hybridized carbons (Fsp3) is 0.174. The summed E-state index contributed by atoms with van der Waals surface area (Å²) in [6.45, 7) is 0. The van der Waals surface area contributed by atoms with Gasteiger partial charge in [0.1, 0.15) is 11.6 Å². The Hall–Kier alpha value is -3.47. The Morgan fingerprint density at radius 2 is 1.68 bits per heavy atom. The maximum Gasteiger partial charge on any atom is 0.236 e. The van der Waals surface area contributed by atoms with E-state index in [0.29, 0.717) is 22.7 Å². The standard InChI is InChI=1S/C23H20N2O3/c1-28-19-10-6-5-9-18(19)21(26)16-11-12-20(24-15-16)25-22(27)23(13-14-23)17-7-3-2-4-8-17/h2-12,15H,13-14H2,1H3,(H,24,25,27). The molecule has 5 heteroatoms. The van der Waals surface area contributed by atoms with Crippen LogP contribution in [-0.4, -0.2) is 23.8 Å². The summed E-state index contributed by atoms with van der Waals surface area (Å²) in [5.74, 6) is 0.716. The Morgan fingerprint density at radius 1 is 0.964 bits per heavy atom. The van der Waals surface area contributed by atoms with Crippen molar-refractivity contribution < 1.29 is 14.3 Å². The topological polar surface area (TPSA) is 68.3 Å². The van der Waals surface area contributed by atoms with Crippen LogP contribution in [-0.2, 0) is 10.2 Å². The number of amides is 1. The summed E-state index contributed by atoms with van der Waals surface area (Å²) < 4.78 is 5.25. The number of carbonyl (C=O) groups is 2. The molecule has 0 atom stereocenters. The van der Waals surface area contributed by atoms with Crippen LogP contribution < -0.4 is 10.1 Å². The average molecular weight is 372 g/mol. The number of hydrogen-bond acceptors (Lipinski definition) is 4. The molecule has 28 heavy (non-hydrogen) atoms. The Labute approximate surface area is 163 Å². The molecule has 1 heterocycles. The third-order valence-electron chi connectivity index (χ3n) is 5.13. The molecule has 2 aromatic carbocycles. The van der Waals surface area contributed by atoms with E-state index in [1.54, 1.807) is 30.3 Å². The first kappa shape index (κ1) is 17.9. The van der Waals surface area contributed by atoms with Gasteiger partial charge in [-0.05, 0) is 42.7 Å². The molecule has 0 radical (unpaired) electrons. The lowest BCUT2D eigenvalue weighted by molar-refractivity contribution is -0.118. The zero-order chi connectivity index (χ0) is 19.6. The molecule has 3 aromatic rings. The summed E-state index contributed by atoms with van der Waals surface area (Å²) in [5, 5.41) is 2.89. The SMILES string of the molecule is COc1ccccc1C(=O)c1ccc(NC(=O)C2(c3ccccc3)CC2)nc1. The van der Waals surface area contributed by atoms with Crippen LogP contribution in [0.3, 0.4) is 0 Å². The maximum absolute atomic E-state index is 12.8. The molecule has 0 bridgehead atoms. The second-order valence-corrected chi connectivity index (χ2v) is 6.86. The van der Waals surface area contributed by atoms with Gasteiger partial charge in [0.25, 0.3) is 0 Å². The minimum atomic E-state index is -0.463. The highest BCUT2D eigenvalue weighted by Crippen LogP contribution is 2.48. The van der Waals surface area contributed by atoms with Gasteiger partial charge in [-0.25, -0.2) is 4.98 Å². The number of ether oxygens (including phenoxy) is 1. The highest BCUT2D eigenvalue weighted by Gasteiger charge is 2.51. The van der Waals surface area contributed by atoms with Crippen LogP contribution in [0.4, 0.5) is 5.82 Å². The van der Waals surface area contributed by atoms with E-state index < -0.39 is 5.41 Å². The van der Waals surface area contributed by atoms with Gasteiger partial charge in [0, 0.05) is 11.8 Å². The maximum atomic E-state index is 12.8. The molecule has 1 fully saturated rings. The molecule has 5 nitrogen and oxygen atoms in total. The van der Waals surface area contributed by atoms with E-state index in [2.05, 4.69) is 10.3 Å². The number of pyridine rings is 1. The number of nitrogens with one attached hydrogen (secondary N) is 1. The molecule has 1 N–H and O–H groups in total. The molecule has 0 aliphatic heterocycles. The number of nitrogens with zero attached hydrogens (tertiary/aromatic N) is 1. The Balaban J connectivity index is 1.50. The summed E-state index contributed by atoms with van der Waals surface area (Å²) in [7, 11) is 1.53. The van der Waals surface area contributed by atoms with E-state index in [0.717, 1.165) is 18.4 Å². The van der Waals surface area contributed by atoms with Crippen molar-refractivity contribution in [3.8, 4) is 5.75 Å². The largest absolute Gasteiger partial charge is 0.496 e. The van der Waals surface area contributed by atoms with Crippen molar-refractivity contribution in [1.29, 1.82) is 0 Å². The molecule has 1 aliphatic carbocycles. The predicted molar refractivity (Wildman–Crippen MR) is 107 cm³/mol. The molecule has 0 saturated heterocycles. The van der Waals surface area contributed by atoms with Crippen molar-refractivity contribution in [2.45, 2.75) is 18.3 Å².